The van der Waals surface area contributed by atoms with Crippen LogP contribution in [0.15, 0.2) is 12.4 Å². The average molecular weight is 318 g/mol. The van der Waals surface area contributed by atoms with Gasteiger partial charge in [0.2, 0.25) is 5.28 Å². The number of rotatable bonds is 5. The van der Waals surface area contributed by atoms with Crippen LogP contribution in [0.4, 0.5) is 8.78 Å². The highest BCUT2D eigenvalue weighted by Gasteiger charge is 2.22. The first-order valence-electron chi connectivity index (χ1n) is 5.63. The van der Waals surface area contributed by atoms with Gasteiger partial charge in [0.05, 0.1) is 32.2 Å². The normalized spacial score (nSPS) is 10.3. The molecule has 0 atom stereocenters. The third-order valence-electron chi connectivity index (χ3n) is 2.48. The maximum Gasteiger partial charge on any atom is 0.254 e. The third kappa shape index (κ3) is 3.27. The van der Waals surface area contributed by atoms with E-state index in [4.69, 9.17) is 25.8 Å². The third-order valence-corrected chi connectivity index (χ3v) is 2.67. The van der Waals surface area contributed by atoms with Crippen LogP contribution < -0.4 is 14.2 Å². The van der Waals surface area contributed by atoms with Crippen LogP contribution in [0.2, 0.25) is 5.28 Å². The van der Waals surface area contributed by atoms with Gasteiger partial charge in [0.25, 0.3) is 11.8 Å². The Bertz CT molecular complexity index is 612. The van der Waals surface area contributed by atoms with E-state index in [0.717, 1.165) is 0 Å². The molecule has 0 aromatic carbocycles. The Morgan fingerprint density at radius 2 is 1.57 bits per heavy atom. The summed E-state index contributed by atoms with van der Waals surface area (Å²) in [4.78, 5) is 10.9. The lowest BCUT2D eigenvalue weighted by Gasteiger charge is -2.12. The van der Waals surface area contributed by atoms with E-state index < -0.39 is 18.2 Å². The zero-order valence-electron chi connectivity index (χ0n) is 11.1. The second-order valence-electron chi connectivity index (χ2n) is 3.71. The van der Waals surface area contributed by atoms with Gasteiger partial charge in [0, 0.05) is 0 Å². The highest BCUT2D eigenvalue weighted by molar-refractivity contribution is 6.28. The van der Waals surface area contributed by atoms with Gasteiger partial charge in [-0.3, -0.25) is 0 Å². The van der Waals surface area contributed by atoms with E-state index in [9.17, 15) is 8.78 Å². The first kappa shape index (κ1) is 15.2. The zero-order chi connectivity index (χ0) is 15.4. The molecule has 112 valence electrons. The topological polar surface area (TPSA) is 66.4 Å². The van der Waals surface area contributed by atoms with E-state index in [1.54, 1.807) is 0 Å². The zero-order valence-corrected chi connectivity index (χ0v) is 11.8. The van der Waals surface area contributed by atoms with E-state index in [1.807, 2.05) is 0 Å². The summed E-state index contributed by atoms with van der Waals surface area (Å²) < 4.78 is 42.6. The molecule has 6 nitrogen and oxygen atoms in total. The van der Waals surface area contributed by atoms with E-state index in [-0.39, 0.29) is 28.4 Å². The van der Waals surface area contributed by atoms with Gasteiger partial charge in [0.15, 0.2) is 17.4 Å². The van der Waals surface area contributed by atoms with E-state index in [1.165, 1.54) is 26.6 Å². The molecule has 0 amide bonds. The Balaban J connectivity index is 2.28. The van der Waals surface area contributed by atoms with Gasteiger partial charge in [0.1, 0.15) is 6.61 Å². The quantitative estimate of drug-likeness (QED) is 0.789. The fourth-order valence-corrected chi connectivity index (χ4v) is 1.57. The summed E-state index contributed by atoms with van der Waals surface area (Å²) in [5, 5.41) is 0.0342. The second-order valence-corrected chi connectivity index (χ2v) is 4.05. The van der Waals surface area contributed by atoms with E-state index >= 15 is 0 Å². The van der Waals surface area contributed by atoms with Crippen LogP contribution in [-0.4, -0.2) is 29.2 Å². The largest absolute Gasteiger partial charge is 0.485 e. The van der Waals surface area contributed by atoms with Crippen LogP contribution in [0.5, 0.6) is 17.5 Å². The molecule has 0 bridgehead atoms. The van der Waals surface area contributed by atoms with Gasteiger partial charge in [-0.2, -0.15) is 4.98 Å². The smallest absolute Gasteiger partial charge is 0.254 e. The summed E-state index contributed by atoms with van der Waals surface area (Å²) in [6, 6.07) is 0. The highest BCUT2D eigenvalue weighted by Crippen LogP contribution is 2.28. The molecule has 0 radical (unpaired) electrons. The monoisotopic (exact) mass is 317 g/mol. The number of ether oxygens (including phenoxy) is 3. The van der Waals surface area contributed by atoms with Crippen molar-refractivity contribution in [1.82, 2.24) is 15.0 Å². The van der Waals surface area contributed by atoms with Gasteiger partial charge < -0.3 is 14.2 Å². The van der Waals surface area contributed by atoms with Gasteiger partial charge in [-0.15, -0.1) is 0 Å². The number of methoxy groups -OCH3 is 2. The molecule has 2 aromatic rings. The number of hydrogen-bond acceptors (Lipinski definition) is 6. The summed E-state index contributed by atoms with van der Waals surface area (Å²) in [5.74, 6) is -2.51. The molecular formula is C12H10ClF2N3O3. The molecule has 0 spiro atoms. The molecule has 2 rings (SSSR count). The van der Waals surface area contributed by atoms with Crippen molar-refractivity contribution in [3.05, 3.63) is 34.9 Å². The van der Waals surface area contributed by atoms with Crippen LogP contribution in [0.1, 0.15) is 5.56 Å². The van der Waals surface area contributed by atoms with Gasteiger partial charge in [-0.25, -0.2) is 18.7 Å². The number of halogens is 3. The molecule has 0 N–H and O–H groups in total. The SMILES string of the molecule is COc1nc(OC)c(F)c(COc2cnc(Cl)nc2)c1F. The lowest BCUT2D eigenvalue weighted by Crippen LogP contribution is -2.08. The van der Waals surface area contributed by atoms with Crippen LogP contribution >= 0.6 is 11.6 Å². The molecule has 0 aliphatic rings. The predicted octanol–water partition coefficient (Wildman–Crippen LogP) is 2.40. The average Bonchev–Trinajstić information content (AvgIpc) is 2.49. The lowest BCUT2D eigenvalue weighted by atomic mass is 10.2. The van der Waals surface area contributed by atoms with Crippen molar-refractivity contribution in [1.29, 1.82) is 0 Å². The summed E-state index contributed by atoms with van der Waals surface area (Å²) in [5.41, 5.74) is -0.381. The molecule has 0 aliphatic heterocycles. The van der Waals surface area contributed by atoms with Crippen LogP contribution in [0, 0.1) is 11.6 Å². The Morgan fingerprint density at radius 1 is 1.05 bits per heavy atom. The predicted molar refractivity (Wildman–Crippen MR) is 68.6 cm³/mol. The lowest BCUT2D eigenvalue weighted by molar-refractivity contribution is 0.273. The molecule has 2 aromatic heterocycles. The molecule has 0 unspecified atom stereocenters. The maximum absolute atomic E-state index is 14.0. The minimum atomic E-state index is -0.967. The Hall–Kier alpha value is -2.22. The molecule has 0 fully saturated rings. The van der Waals surface area contributed by atoms with Gasteiger partial charge in [-0.1, -0.05) is 0 Å². The van der Waals surface area contributed by atoms with Crippen molar-refractivity contribution in [2.75, 3.05) is 14.2 Å². The second kappa shape index (κ2) is 6.49. The number of pyridine rings is 1. The van der Waals surface area contributed by atoms with Gasteiger partial charge in [-0.05, 0) is 11.6 Å². The van der Waals surface area contributed by atoms with Crippen LogP contribution in [0.3, 0.4) is 0 Å². The fourth-order valence-electron chi connectivity index (χ4n) is 1.47. The minimum Gasteiger partial charge on any atom is -0.485 e. The van der Waals surface area contributed by atoms with Crippen molar-refractivity contribution in [2.45, 2.75) is 6.61 Å². The summed E-state index contributed by atoms with van der Waals surface area (Å²) >= 11 is 5.52. The number of hydrogen-bond donors (Lipinski definition) is 0. The molecule has 0 aliphatic carbocycles. The molecule has 0 saturated carbocycles. The van der Waals surface area contributed by atoms with Crippen molar-refractivity contribution in [3.63, 3.8) is 0 Å². The summed E-state index contributed by atoms with van der Waals surface area (Å²) in [6.07, 6.45) is 2.56. The van der Waals surface area contributed by atoms with Crippen molar-refractivity contribution in [2.24, 2.45) is 0 Å². The van der Waals surface area contributed by atoms with E-state index in [2.05, 4.69) is 15.0 Å². The maximum atomic E-state index is 14.0. The standard InChI is InChI=1S/C12H10ClF2N3O3/c1-19-10-8(14)7(9(15)11(18-10)20-2)5-21-6-3-16-12(13)17-4-6/h3-4H,5H2,1-2H3. The highest BCUT2D eigenvalue weighted by atomic mass is 35.5. The summed E-state index contributed by atoms with van der Waals surface area (Å²) in [7, 11) is 2.42. The Labute approximate surface area is 123 Å². The number of aromatic nitrogens is 3. The van der Waals surface area contributed by atoms with Gasteiger partial charge >= 0.3 is 0 Å². The fraction of sp³-hybridized carbons (Fsp3) is 0.250. The summed E-state index contributed by atoms with van der Waals surface area (Å²) in [6.45, 7) is -0.419. The van der Waals surface area contributed by atoms with E-state index in [0.29, 0.717) is 0 Å². The minimum absolute atomic E-state index is 0.0342. The molecule has 2 heterocycles. The molecular weight excluding hydrogens is 308 g/mol. The first-order valence-corrected chi connectivity index (χ1v) is 6.00. The molecule has 0 saturated heterocycles. The molecule has 21 heavy (non-hydrogen) atoms. The van der Waals surface area contributed by atoms with Crippen molar-refractivity contribution >= 4 is 11.6 Å². The van der Waals surface area contributed by atoms with Crippen molar-refractivity contribution in [3.8, 4) is 17.5 Å². The number of nitrogens with zero attached hydrogens (tertiary/aromatic N) is 3. The first-order chi connectivity index (χ1) is 10.1. The van der Waals surface area contributed by atoms with Crippen LogP contribution in [0.25, 0.3) is 0 Å². The van der Waals surface area contributed by atoms with Crippen molar-refractivity contribution < 1.29 is 23.0 Å². The Kier molecular flexibility index (Phi) is 4.69. The Morgan fingerprint density at radius 3 is 2.05 bits per heavy atom. The van der Waals surface area contributed by atoms with Crippen LogP contribution in [-0.2, 0) is 6.61 Å². The molecule has 9 heteroatoms.